The number of hydrogen-bond donors (Lipinski definition) is 0. The van der Waals surface area contributed by atoms with E-state index in [2.05, 4.69) is 24.0 Å². The summed E-state index contributed by atoms with van der Waals surface area (Å²) < 4.78 is 0. The lowest BCUT2D eigenvalue weighted by Crippen LogP contribution is -2.45. The maximum atomic E-state index is 13.1. The normalized spacial score (nSPS) is 17.7. The van der Waals surface area contributed by atoms with Gasteiger partial charge in [-0.05, 0) is 32.6 Å². The lowest BCUT2D eigenvalue weighted by atomic mass is 9.92. The second-order valence-electron chi connectivity index (χ2n) is 9.33. The number of nitrogens with zero attached hydrogens (tertiary/aromatic N) is 4. The molecule has 5 nitrogen and oxygen atoms in total. The minimum Gasteiger partial charge on any atom is -0.356 e. The zero-order valence-electron chi connectivity index (χ0n) is 18.2. The second-order valence-corrected chi connectivity index (χ2v) is 9.59. The number of aromatic nitrogens is 2. The van der Waals surface area contributed by atoms with Crippen LogP contribution in [0.15, 0.2) is 30.3 Å². The van der Waals surface area contributed by atoms with Crippen LogP contribution >= 0.6 is 11.6 Å². The van der Waals surface area contributed by atoms with Gasteiger partial charge in [0.15, 0.2) is 5.82 Å². The van der Waals surface area contributed by atoms with E-state index in [-0.39, 0.29) is 5.91 Å². The van der Waals surface area contributed by atoms with Crippen molar-refractivity contribution in [2.45, 2.75) is 46.6 Å². The summed E-state index contributed by atoms with van der Waals surface area (Å²) in [6.07, 6.45) is 3.09. The van der Waals surface area contributed by atoms with Gasteiger partial charge in [-0.15, -0.1) is 11.6 Å². The monoisotopic (exact) mass is 426 g/mol. The number of piperidine rings is 1. The smallest absolute Gasteiger partial charge is 0.229 e. The first kappa shape index (κ1) is 21.1. The molecule has 0 unspecified atom stereocenters. The number of alkyl halides is 1. The molecule has 2 aliphatic heterocycles. The van der Waals surface area contributed by atoms with Crippen LogP contribution in [-0.4, -0.2) is 46.3 Å². The summed E-state index contributed by atoms with van der Waals surface area (Å²) in [7, 11) is 0. The molecule has 0 saturated carbocycles. The van der Waals surface area contributed by atoms with Gasteiger partial charge in [0.25, 0.3) is 0 Å². The molecule has 30 heavy (non-hydrogen) atoms. The highest BCUT2D eigenvalue weighted by molar-refractivity contribution is 6.19. The van der Waals surface area contributed by atoms with Crippen molar-refractivity contribution in [3.63, 3.8) is 0 Å². The van der Waals surface area contributed by atoms with Crippen molar-refractivity contribution in [1.29, 1.82) is 0 Å². The van der Waals surface area contributed by atoms with E-state index in [1.165, 1.54) is 12.8 Å². The van der Waals surface area contributed by atoms with Gasteiger partial charge in [0.1, 0.15) is 5.82 Å². The third kappa shape index (κ3) is 4.18. The van der Waals surface area contributed by atoms with E-state index >= 15 is 0 Å². The summed E-state index contributed by atoms with van der Waals surface area (Å²) in [5.74, 6) is 2.95. The number of rotatable bonds is 4. The van der Waals surface area contributed by atoms with Crippen molar-refractivity contribution in [2.75, 3.05) is 30.4 Å². The van der Waals surface area contributed by atoms with E-state index in [9.17, 15) is 4.79 Å². The first-order valence-corrected chi connectivity index (χ1v) is 11.5. The van der Waals surface area contributed by atoms with Crippen molar-refractivity contribution in [3.8, 4) is 11.4 Å². The highest BCUT2D eigenvalue weighted by atomic mass is 35.5. The molecule has 3 heterocycles. The molecule has 1 amide bonds. The highest BCUT2D eigenvalue weighted by Gasteiger charge is 2.35. The number of halogens is 1. The largest absolute Gasteiger partial charge is 0.356 e. The summed E-state index contributed by atoms with van der Waals surface area (Å²) in [6, 6.07) is 10.2. The Morgan fingerprint density at radius 1 is 1.13 bits per heavy atom. The van der Waals surface area contributed by atoms with Crippen LogP contribution in [0, 0.1) is 11.3 Å². The Morgan fingerprint density at radius 3 is 2.50 bits per heavy atom. The van der Waals surface area contributed by atoms with E-state index < -0.39 is 5.41 Å². The zero-order valence-corrected chi connectivity index (χ0v) is 19.0. The lowest BCUT2D eigenvalue weighted by Gasteiger charge is -2.38. The van der Waals surface area contributed by atoms with Gasteiger partial charge < -0.3 is 9.80 Å². The van der Waals surface area contributed by atoms with Crippen molar-refractivity contribution < 1.29 is 4.79 Å². The number of hydrogen-bond acceptors (Lipinski definition) is 4. The van der Waals surface area contributed by atoms with Gasteiger partial charge in [-0.1, -0.05) is 37.3 Å². The Hall–Kier alpha value is -2.14. The molecule has 1 saturated heterocycles. The number of fused-ring (bicyclic) bond motifs is 1. The van der Waals surface area contributed by atoms with Crippen LogP contribution < -0.4 is 4.90 Å². The molecule has 0 atom stereocenters. The fraction of sp³-hybridized carbons (Fsp3) is 0.542. The minimum atomic E-state index is -0.565. The molecule has 2 aromatic rings. The van der Waals surface area contributed by atoms with Crippen molar-refractivity contribution in [3.05, 3.63) is 41.6 Å². The predicted molar refractivity (Wildman–Crippen MR) is 122 cm³/mol. The number of benzene rings is 1. The third-order valence-electron chi connectivity index (χ3n) is 6.35. The van der Waals surface area contributed by atoms with E-state index in [0.29, 0.717) is 19.0 Å². The molecular formula is C24H31ClN4O. The molecule has 1 aromatic heterocycles. The average molecular weight is 427 g/mol. The molecule has 0 bridgehead atoms. The Labute approximate surface area is 184 Å². The molecule has 1 fully saturated rings. The van der Waals surface area contributed by atoms with Gasteiger partial charge in [-0.3, -0.25) is 4.79 Å². The molecule has 4 rings (SSSR count). The quantitative estimate of drug-likeness (QED) is 0.674. The summed E-state index contributed by atoms with van der Waals surface area (Å²) in [6.45, 7) is 9.38. The fourth-order valence-corrected chi connectivity index (χ4v) is 4.37. The maximum absolute atomic E-state index is 13.1. The summed E-state index contributed by atoms with van der Waals surface area (Å²) >= 11 is 6.08. The van der Waals surface area contributed by atoms with Crippen LogP contribution in [0.1, 0.15) is 44.9 Å². The van der Waals surface area contributed by atoms with Gasteiger partial charge in [-0.2, -0.15) is 0 Å². The standard InChI is InChI=1S/C24H31ClN4O/c1-17-9-12-28(13-10-17)22-19-15-29(23(30)24(2,3)16-25)14-11-20(19)26-21(27-22)18-7-5-4-6-8-18/h4-8,17H,9-16H2,1-3H3. The second kappa shape index (κ2) is 8.54. The third-order valence-corrected chi connectivity index (χ3v) is 7.02. The Bertz CT molecular complexity index is 907. The molecular weight excluding hydrogens is 396 g/mol. The number of carbonyl (C=O) groups excluding carboxylic acids is 1. The Balaban J connectivity index is 1.72. The van der Waals surface area contributed by atoms with E-state index in [4.69, 9.17) is 21.6 Å². The molecule has 0 radical (unpaired) electrons. The number of anilines is 1. The Morgan fingerprint density at radius 2 is 1.83 bits per heavy atom. The number of carbonyl (C=O) groups is 1. The zero-order chi connectivity index (χ0) is 21.3. The van der Waals surface area contributed by atoms with Gasteiger partial charge >= 0.3 is 0 Å². The number of amides is 1. The topological polar surface area (TPSA) is 49.3 Å². The van der Waals surface area contributed by atoms with Crippen LogP contribution in [0.25, 0.3) is 11.4 Å². The first-order valence-electron chi connectivity index (χ1n) is 10.9. The molecule has 0 N–H and O–H groups in total. The molecule has 0 aliphatic carbocycles. The highest BCUT2D eigenvalue weighted by Crippen LogP contribution is 2.33. The van der Waals surface area contributed by atoms with E-state index in [1.54, 1.807) is 0 Å². The fourth-order valence-electron chi connectivity index (χ4n) is 4.25. The SMILES string of the molecule is CC1CCN(c2nc(-c3ccccc3)nc3c2CN(C(=O)C(C)(C)CCl)CC3)CC1. The molecule has 160 valence electrons. The molecule has 1 aromatic carbocycles. The van der Waals surface area contributed by atoms with Crippen molar-refractivity contribution in [2.24, 2.45) is 11.3 Å². The summed E-state index contributed by atoms with van der Waals surface area (Å²) in [5, 5.41) is 0. The minimum absolute atomic E-state index is 0.105. The van der Waals surface area contributed by atoms with Gasteiger partial charge in [-0.25, -0.2) is 9.97 Å². The summed E-state index contributed by atoms with van der Waals surface area (Å²) in [4.78, 5) is 27.4. The van der Waals surface area contributed by atoms with Crippen molar-refractivity contribution in [1.82, 2.24) is 14.9 Å². The van der Waals surface area contributed by atoms with Crippen LogP contribution in [0.2, 0.25) is 0 Å². The van der Waals surface area contributed by atoms with Crippen LogP contribution in [-0.2, 0) is 17.8 Å². The van der Waals surface area contributed by atoms with Gasteiger partial charge in [0.05, 0.1) is 17.7 Å². The average Bonchev–Trinajstić information content (AvgIpc) is 2.78. The lowest BCUT2D eigenvalue weighted by molar-refractivity contribution is -0.140. The van der Waals surface area contributed by atoms with Crippen LogP contribution in [0.5, 0.6) is 0 Å². The molecule has 6 heteroatoms. The summed E-state index contributed by atoms with van der Waals surface area (Å²) in [5.41, 5.74) is 2.65. The van der Waals surface area contributed by atoms with Gasteiger partial charge in [0.2, 0.25) is 5.91 Å². The van der Waals surface area contributed by atoms with E-state index in [0.717, 1.165) is 53.9 Å². The predicted octanol–water partition coefficient (Wildman–Crippen LogP) is 4.53. The van der Waals surface area contributed by atoms with E-state index in [1.807, 2.05) is 36.9 Å². The maximum Gasteiger partial charge on any atom is 0.229 e. The van der Waals surface area contributed by atoms with Gasteiger partial charge in [0, 0.05) is 43.1 Å². The van der Waals surface area contributed by atoms with Crippen molar-refractivity contribution >= 4 is 23.3 Å². The first-order chi connectivity index (χ1) is 14.4. The Kier molecular flexibility index (Phi) is 6.01. The van der Waals surface area contributed by atoms with Crippen LogP contribution in [0.4, 0.5) is 5.82 Å². The van der Waals surface area contributed by atoms with Crippen LogP contribution in [0.3, 0.4) is 0 Å². The molecule has 0 spiro atoms. The molecule has 2 aliphatic rings.